The first-order valence-electron chi connectivity index (χ1n) is 6.54. The number of carbonyl (C=O) groups excluding carboxylic acids is 2. The normalized spacial score (nSPS) is 11.2. The van der Waals surface area contributed by atoms with Crippen LogP contribution in [-0.2, 0) is 0 Å². The maximum atomic E-state index is 12.2. The Kier molecular flexibility index (Phi) is 4.18. The van der Waals surface area contributed by atoms with Gasteiger partial charge in [-0.3, -0.25) is 9.59 Å². The summed E-state index contributed by atoms with van der Waals surface area (Å²) in [5, 5.41) is 6.26. The number of furan rings is 1. The molecule has 0 unspecified atom stereocenters. The van der Waals surface area contributed by atoms with Crippen molar-refractivity contribution in [3.05, 3.63) is 40.7 Å². The van der Waals surface area contributed by atoms with Crippen molar-refractivity contribution in [1.29, 1.82) is 0 Å². The average Bonchev–Trinajstić information content (AvgIpc) is 2.96. The highest BCUT2D eigenvalue weighted by molar-refractivity contribution is 7.18. The summed E-state index contributed by atoms with van der Waals surface area (Å²) in [5.41, 5.74) is 0.530. The highest BCUT2D eigenvalue weighted by atomic mass is 32.1. The predicted octanol–water partition coefficient (Wildman–Crippen LogP) is 3.43. The number of aryl methyl sites for hydroxylation is 1. The van der Waals surface area contributed by atoms with Crippen molar-refractivity contribution >= 4 is 28.2 Å². The lowest BCUT2D eigenvalue weighted by atomic mass is 10.1. The number of hydrogen-bond acceptors (Lipinski definition) is 4. The lowest BCUT2D eigenvalue weighted by molar-refractivity contribution is 0.0922. The molecule has 21 heavy (non-hydrogen) atoms. The number of anilines is 1. The van der Waals surface area contributed by atoms with Crippen LogP contribution in [0.4, 0.5) is 5.00 Å². The second kappa shape index (κ2) is 5.73. The Hall–Kier alpha value is -2.08. The lowest BCUT2D eigenvalue weighted by Gasteiger charge is -2.20. The van der Waals surface area contributed by atoms with Gasteiger partial charge in [0.2, 0.25) is 0 Å². The maximum absolute atomic E-state index is 12.2. The molecule has 0 atom stereocenters. The fourth-order valence-electron chi connectivity index (χ4n) is 1.75. The Balaban J connectivity index is 2.12. The minimum atomic E-state index is -0.330. The van der Waals surface area contributed by atoms with Crippen molar-refractivity contribution in [3.8, 4) is 0 Å². The van der Waals surface area contributed by atoms with E-state index < -0.39 is 0 Å². The van der Waals surface area contributed by atoms with Crippen LogP contribution in [0, 0.1) is 6.92 Å². The second-order valence-electron chi connectivity index (χ2n) is 5.76. The molecule has 6 heteroatoms. The molecular weight excluding hydrogens is 288 g/mol. The second-order valence-corrected chi connectivity index (χ2v) is 6.81. The van der Waals surface area contributed by atoms with Crippen LogP contribution in [0.1, 0.15) is 46.6 Å². The molecule has 0 saturated heterocycles. The smallest absolute Gasteiger partial charge is 0.291 e. The van der Waals surface area contributed by atoms with Crippen molar-refractivity contribution in [1.82, 2.24) is 5.32 Å². The Morgan fingerprint density at radius 2 is 1.95 bits per heavy atom. The van der Waals surface area contributed by atoms with E-state index in [0.717, 1.165) is 5.56 Å². The monoisotopic (exact) mass is 306 g/mol. The first kappa shape index (κ1) is 15.3. The molecule has 2 amide bonds. The van der Waals surface area contributed by atoms with Crippen molar-refractivity contribution in [2.45, 2.75) is 33.2 Å². The average molecular weight is 306 g/mol. The van der Waals surface area contributed by atoms with Gasteiger partial charge < -0.3 is 15.1 Å². The highest BCUT2D eigenvalue weighted by Gasteiger charge is 2.20. The van der Waals surface area contributed by atoms with E-state index >= 15 is 0 Å². The molecule has 0 aliphatic heterocycles. The maximum Gasteiger partial charge on any atom is 0.291 e. The molecule has 0 radical (unpaired) electrons. The van der Waals surface area contributed by atoms with Crippen LogP contribution in [0.5, 0.6) is 0 Å². The predicted molar refractivity (Wildman–Crippen MR) is 82.9 cm³/mol. The molecule has 112 valence electrons. The van der Waals surface area contributed by atoms with Crippen LogP contribution < -0.4 is 10.6 Å². The quantitative estimate of drug-likeness (QED) is 0.912. The first-order chi connectivity index (χ1) is 9.76. The van der Waals surface area contributed by atoms with Crippen molar-refractivity contribution < 1.29 is 14.0 Å². The molecule has 0 spiro atoms. The van der Waals surface area contributed by atoms with E-state index in [-0.39, 0.29) is 23.1 Å². The van der Waals surface area contributed by atoms with E-state index in [4.69, 9.17) is 4.42 Å². The van der Waals surface area contributed by atoms with Gasteiger partial charge in [0.25, 0.3) is 11.8 Å². The highest BCUT2D eigenvalue weighted by Crippen LogP contribution is 2.27. The Morgan fingerprint density at radius 3 is 2.52 bits per heavy atom. The van der Waals surface area contributed by atoms with Gasteiger partial charge in [0.1, 0.15) is 0 Å². The summed E-state index contributed by atoms with van der Waals surface area (Å²) >= 11 is 1.25. The van der Waals surface area contributed by atoms with Crippen LogP contribution in [-0.4, -0.2) is 17.4 Å². The molecule has 2 heterocycles. The van der Waals surface area contributed by atoms with Gasteiger partial charge in [-0.15, -0.1) is 11.3 Å². The summed E-state index contributed by atoms with van der Waals surface area (Å²) in [7, 11) is 0. The fourth-order valence-corrected chi connectivity index (χ4v) is 2.71. The molecule has 0 saturated carbocycles. The van der Waals surface area contributed by atoms with Gasteiger partial charge in [-0.05, 0) is 51.5 Å². The Morgan fingerprint density at radius 1 is 1.24 bits per heavy atom. The molecule has 2 N–H and O–H groups in total. The molecule has 2 aromatic heterocycles. The largest absolute Gasteiger partial charge is 0.459 e. The topological polar surface area (TPSA) is 71.3 Å². The third-order valence-electron chi connectivity index (χ3n) is 2.59. The van der Waals surface area contributed by atoms with Gasteiger partial charge in [0.05, 0.1) is 16.1 Å². The molecule has 0 aliphatic carbocycles. The molecule has 2 aromatic rings. The van der Waals surface area contributed by atoms with E-state index in [0.29, 0.717) is 9.88 Å². The Bertz CT molecular complexity index is 651. The van der Waals surface area contributed by atoms with E-state index in [1.54, 1.807) is 18.2 Å². The van der Waals surface area contributed by atoms with Gasteiger partial charge in [0, 0.05) is 5.54 Å². The van der Waals surface area contributed by atoms with E-state index in [9.17, 15) is 9.59 Å². The Labute approximate surface area is 127 Å². The minimum absolute atomic E-state index is 0.136. The van der Waals surface area contributed by atoms with Gasteiger partial charge in [-0.25, -0.2) is 0 Å². The number of hydrogen-bond donors (Lipinski definition) is 2. The van der Waals surface area contributed by atoms with Gasteiger partial charge >= 0.3 is 0 Å². The molecule has 2 rings (SSSR count). The number of thiophene rings is 1. The number of carbonyl (C=O) groups is 2. The van der Waals surface area contributed by atoms with E-state index in [2.05, 4.69) is 10.6 Å². The minimum Gasteiger partial charge on any atom is -0.459 e. The third-order valence-corrected chi connectivity index (χ3v) is 3.75. The van der Waals surface area contributed by atoms with Crippen molar-refractivity contribution in [2.24, 2.45) is 0 Å². The first-order valence-corrected chi connectivity index (χ1v) is 7.36. The van der Waals surface area contributed by atoms with Crippen molar-refractivity contribution in [2.75, 3.05) is 5.32 Å². The molecule has 0 fully saturated rings. The number of amides is 2. The summed E-state index contributed by atoms with van der Waals surface area (Å²) in [4.78, 5) is 24.7. The SMILES string of the molecule is Cc1cc(NC(=O)c2ccco2)sc1C(=O)NC(C)(C)C. The van der Waals surface area contributed by atoms with Crippen LogP contribution in [0.2, 0.25) is 0 Å². The fraction of sp³-hybridized carbons (Fsp3) is 0.333. The van der Waals surface area contributed by atoms with Crippen LogP contribution >= 0.6 is 11.3 Å². The van der Waals surface area contributed by atoms with Crippen LogP contribution in [0.3, 0.4) is 0 Å². The zero-order valence-electron chi connectivity index (χ0n) is 12.4. The summed E-state index contributed by atoms with van der Waals surface area (Å²) < 4.78 is 5.03. The number of nitrogens with one attached hydrogen (secondary N) is 2. The zero-order chi connectivity index (χ0) is 15.6. The lowest BCUT2D eigenvalue weighted by Crippen LogP contribution is -2.40. The standard InChI is InChI=1S/C15H18N2O3S/c1-9-8-11(16-13(18)10-6-5-7-20-10)21-12(9)14(19)17-15(2,3)4/h5-8H,1-4H3,(H,16,18)(H,17,19). The molecule has 0 bridgehead atoms. The van der Waals surface area contributed by atoms with Gasteiger partial charge in [-0.2, -0.15) is 0 Å². The third kappa shape index (κ3) is 3.95. The zero-order valence-corrected chi connectivity index (χ0v) is 13.3. The van der Waals surface area contributed by atoms with Crippen LogP contribution in [0.15, 0.2) is 28.9 Å². The van der Waals surface area contributed by atoms with Gasteiger partial charge in [0.15, 0.2) is 5.76 Å². The molecule has 0 aliphatic rings. The summed E-state index contributed by atoms with van der Waals surface area (Å²) in [6.45, 7) is 7.62. The van der Waals surface area contributed by atoms with E-state index in [1.165, 1.54) is 17.6 Å². The molecular formula is C15H18N2O3S. The van der Waals surface area contributed by atoms with Crippen molar-refractivity contribution in [3.63, 3.8) is 0 Å². The number of rotatable bonds is 3. The summed E-state index contributed by atoms with van der Waals surface area (Å²) in [5.74, 6) is -0.228. The summed E-state index contributed by atoms with van der Waals surface area (Å²) in [6.07, 6.45) is 1.44. The van der Waals surface area contributed by atoms with E-state index in [1.807, 2.05) is 27.7 Å². The summed E-state index contributed by atoms with van der Waals surface area (Å²) in [6, 6.07) is 5.02. The molecule has 0 aromatic carbocycles. The van der Waals surface area contributed by atoms with Gasteiger partial charge in [-0.1, -0.05) is 0 Å². The molecule has 5 nitrogen and oxygen atoms in total. The van der Waals surface area contributed by atoms with Crippen LogP contribution in [0.25, 0.3) is 0 Å².